The van der Waals surface area contributed by atoms with E-state index in [1.54, 1.807) is 0 Å². The van der Waals surface area contributed by atoms with E-state index in [1.165, 1.54) is 5.56 Å². The van der Waals surface area contributed by atoms with Gasteiger partial charge in [-0.25, -0.2) is 0 Å². The van der Waals surface area contributed by atoms with Crippen LogP contribution in [-0.4, -0.2) is 43.8 Å². The van der Waals surface area contributed by atoms with Gasteiger partial charge in [0.25, 0.3) is 0 Å². The minimum Gasteiger partial charge on any atom is -0.466 e. The maximum Gasteiger partial charge on any atom is 0.307 e. The monoisotopic (exact) mass is 355 g/mol. The number of carbonyl (C=O) groups is 1. The molecule has 0 spiro atoms. The molecule has 1 aromatic rings. The summed E-state index contributed by atoms with van der Waals surface area (Å²) in [5.74, 6) is -0.148. The van der Waals surface area contributed by atoms with Crippen molar-refractivity contribution in [3.63, 3.8) is 0 Å². The zero-order chi connectivity index (χ0) is 15.2. The largest absolute Gasteiger partial charge is 0.466 e. The SMILES string of the molecule is CCOC(=O)CC(c1ccc(C)c(Br)c1)N1CCOCC1. The van der Waals surface area contributed by atoms with Gasteiger partial charge in [-0.15, -0.1) is 0 Å². The fourth-order valence-corrected chi connectivity index (χ4v) is 2.94. The summed E-state index contributed by atoms with van der Waals surface area (Å²) in [5, 5.41) is 0. The molecule has 0 bridgehead atoms. The summed E-state index contributed by atoms with van der Waals surface area (Å²) in [5.41, 5.74) is 2.33. The van der Waals surface area contributed by atoms with Crippen molar-refractivity contribution in [2.45, 2.75) is 26.3 Å². The van der Waals surface area contributed by atoms with Crippen LogP contribution in [0.15, 0.2) is 22.7 Å². The van der Waals surface area contributed by atoms with Gasteiger partial charge in [-0.3, -0.25) is 9.69 Å². The molecule has 1 heterocycles. The smallest absolute Gasteiger partial charge is 0.307 e. The van der Waals surface area contributed by atoms with Gasteiger partial charge in [0.05, 0.1) is 26.2 Å². The van der Waals surface area contributed by atoms with Gasteiger partial charge in [0.2, 0.25) is 0 Å². The zero-order valence-corrected chi connectivity index (χ0v) is 14.2. The number of ether oxygens (including phenoxy) is 2. The highest BCUT2D eigenvalue weighted by Gasteiger charge is 2.26. The van der Waals surface area contributed by atoms with E-state index in [0.29, 0.717) is 26.2 Å². The third-order valence-electron chi connectivity index (χ3n) is 3.73. The Morgan fingerprint density at radius 3 is 2.76 bits per heavy atom. The number of benzene rings is 1. The summed E-state index contributed by atoms with van der Waals surface area (Å²) < 4.78 is 11.6. The highest BCUT2D eigenvalue weighted by molar-refractivity contribution is 9.10. The molecule has 0 radical (unpaired) electrons. The van der Waals surface area contributed by atoms with Crippen LogP contribution in [0.25, 0.3) is 0 Å². The molecule has 1 aliphatic heterocycles. The van der Waals surface area contributed by atoms with Crippen LogP contribution in [0.4, 0.5) is 0 Å². The van der Waals surface area contributed by atoms with E-state index in [2.05, 4.69) is 46.0 Å². The second-order valence-electron chi connectivity index (χ2n) is 5.18. The van der Waals surface area contributed by atoms with Crippen LogP contribution in [0, 0.1) is 6.92 Å². The first-order valence-electron chi connectivity index (χ1n) is 7.35. The average molecular weight is 356 g/mol. The molecule has 21 heavy (non-hydrogen) atoms. The Balaban J connectivity index is 2.20. The summed E-state index contributed by atoms with van der Waals surface area (Å²) in [6.07, 6.45) is 0.378. The molecule has 0 aromatic heterocycles. The fraction of sp³-hybridized carbons (Fsp3) is 0.562. The number of hydrogen-bond donors (Lipinski definition) is 0. The number of aryl methyl sites for hydroxylation is 1. The zero-order valence-electron chi connectivity index (χ0n) is 12.6. The van der Waals surface area contributed by atoms with E-state index < -0.39 is 0 Å². The predicted octanol–water partition coefficient (Wildman–Crippen LogP) is 3.08. The lowest BCUT2D eigenvalue weighted by molar-refractivity contribution is -0.145. The molecule has 1 aromatic carbocycles. The number of rotatable bonds is 5. The highest BCUT2D eigenvalue weighted by Crippen LogP contribution is 2.29. The number of carbonyl (C=O) groups excluding carboxylic acids is 1. The first-order chi connectivity index (χ1) is 10.1. The molecule has 1 unspecified atom stereocenters. The van der Waals surface area contributed by atoms with Crippen molar-refractivity contribution in [3.05, 3.63) is 33.8 Å². The molecule has 0 aliphatic carbocycles. The van der Waals surface area contributed by atoms with E-state index in [-0.39, 0.29) is 12.0 Å². The first-order valence-corrected chi connectivity index (χ1v) is 8.14. The highest BCUT2D eigenvalue weighted by atomic mass is 79.9. The summed E-state index contributed by atoms with van der Waals surface area (Å²) in [7, 11) is 0. The topological polar surface area (TPSA) is 38.8 Å². The molecule has 1 aliphatic rings. The Morgan fingerprint density at radius 2 is 2.14 bits per heavy atom. The lowest BCUT2D eigenvalue weighted by Crippen LogP contribution is -2.40. The standard InChI is InChI=1S/C16H22BrNO3/c1-3-21-16(19)11-15(18-6-8-20-9-7-18)13-5-4-12(2)14(17)10-13/h4-5,10,15H,3,6-9,11H2,1-2H3. The van der Waals surface area contributed by atoms with Crippen LogP contribution in [0.3, 0.4) is 0 Å². The molecule has 0 amide bonds. The van der Waals surface area contributed by atoms with Crippen LogP contribution in [0.5, 0.6) is 0 Å². The lowest BCUT2D eigenvalue weighted by atomic mass is 10.00. The Kier molecular flexibility index (Phi) is 6.21. The second-order valence-corrected chi connectivity index (χ2v) is 6.04. The van der Waals surface area contributed by atoms with Crippen molar-refractivity contribution >= 4 is 21.9 Å². The molecule has 4 nitrogen and oxygen atoms in total. The maximum absolute atomic E-state index is 11.9. The van der Waals surface area contributed by atoms with Crippen molar-refractivity contribution in [3.8, 4) is 0 Å². The van der Waals surface area contributed by atoms with Gasteiger partial charge >= 0.3 is 5.97 Å². The third kappa shape index (κ3) is 4.53. The van der Waals surface area contributed by atoms with Crippen molar-refractivity contribution in [1.29, 1.82) is 0 Å². The summed E-state index contributed by atoms with van der Waals surface area (Å²) in [6.45, 7) is 7.43. The van der Waals surface area contributed by atoms with Crippen molar-refractivity contribution in [2.24, 2.45) is 0 Å². The van der Waals surface area contributed by atoms with Crippen molar-refractivity contribution < 1.29 is 14.3 Å². The van der Waals surface area contributed by atoms with E-state index in [1.807, 2.05) is 6.92 Å². The van der Waals surface area contributed by atoms with Gasteiger partial charge in [-0.1, -0.05) is 28.1 Å². The van der Waals surface area contributed by atoms with Crippen LogP contribution in [-0.2, 0) is 14.3 Å². The summed E-state index contributed by atoms with van der Waals surface area (Å²) in [6, 6.07) is 6.33. The average Bonchev–Trinajstić information content (AvgIpc) is 2.49. The van der Waals surface area contributed by atoms with Gasteiger partial charge in [-0.2, -0.15) is 0 Å². The quantitative estimate of drug-likeness (QED) is 0.760. The minimum absolute atomic E-state index is 0.0462. The van der Waals surface area contributed by atoms with E-state index in [4.69, 9.17) is 9.47 Å². The molecule has 2 rings (SSSR count). The number of hydrogen-bond acceptors (Lipinski definition) is 4. The van der Waals surface area contributed by atoms with E-state index >= 15 is 0 Å². The number of esters is 1. The van der Waals surface area contributed by atoms with Gasteiger partial charge in [0, 0.05) is 23.6 Å². The number of halogens is 1. The van der Waals surface area contributed by atoms with Crippen LogP contribution < -0.4 is 0 Å². The normalized spacial score (nSPS) is 17.5. The van der Waals surface area contributed by atoms with Crippen LogP contribution in [0.1, 0.15) is 30.5 Å². The molecule has 0 N–H and O–H groups in total. The molecule has 116 valence electrons. The molecule has 0 saturated carbocycles. The Morgan fingerprint density at radius 1 is 1.43 bits per heavy atom. The molecule has 1 fully saturated rings. The first kappa shape index (κ1) is 16.5. The van der Waals surface area contributed by atoms with Gasteiger partial charge < -0.3 is 9.47 Å². The van der Waals surface area contributed by atoms with E-state index in [9.17, 15) is 4.79 Å². The Labute approximate surface area is 134 Å². The summed E-state index contributed by atoms with van der Waals surface area (Å²) >= 11 is 3.58. The molecule has 1 atom stereocenters. The Hall–Kier alpha value is -0.910. The molecular weight excluding hydrogens is 334 g/mol. The second kappa shape index (κ2) is 7.92. The van der Waals surface area contributed by atoms with Crippen molar-refractivity contribution in [1.82, 2.24) is 4.90 Å². The molecule has 1 saturated heterocycles. The predicted molar refractivity (Wildman–Crippen MR) is 85.3 cm³/mol. The number of nitrogens with zero attached hydrogens (tertiary/aromatic N) is 1. The van der Waals surface area contributed by atoms with Gasteiger partial charge in [0.15, 0.2) is 0 Å². The maximum atomic E-state index is 11.9. The van der Waals surface area contributed by atoms with Crippen molar-refractivity contribution in [2.75, 3.05) is 32.9 Å². The fourth-order valence-electron chi connectivity index (χ4n) is 2.54. The lowest BCUT2D eigenvalue weighted by Gasteiger charge is -2.34. The number of morpholine rings is 1. The summed E-state index contributed by atoms with van der Waals surface area (Å²) in [4.78, 5) is 14.2. The Bertz CT molecular complexity index is 486. The van der Waals surface area contributed by atoms with Gasteiger partial charge in [0.1, 0.15) is 0 Å². The van der Waals surface area contributed by atoms with E-state index in [0.717, 1.165) is 23.1 Å². The van der Waals surface area contributed by atoms with Crippen LogP contribution in [0.2, 0.25) is 0 Å². The third-order valence-corrected chi connectivity index (χ3v) is 4.59. The molecular formula is C16H22BrNO3. The minimum atomic E-state index is -0.148. The van der Waals surface area contributed by atoms with Gasteiger partial charge in [-0.05, 0) is 31.0 Å². The molecule has 5 heteroatoms. The van der Waals surface area contributed by atoms with Crippen LogP contribution >= 0.6 is 15.9 Å².